The molecule has 1 aromatic heterocycles. The number of nitrogens with one attached hydrogen (secondary N) is 2. The maximum atomic E-state index is 11.1. The van der Waals surface area contributed by atoms with E-state index in [1.54, 1.807) is 0 Å². The van der Waals surface area contributed by atoms with Crippen LogP contribution in [0.5, 0.6) is 0 Å². The number of aliphatic hydroxyl groups excluding tert-OH is 1. The van der Waals surface area contributed by atoms with E-state index in [-0.39, 0.29) is 23.4 Å². The fourth-order valence-electron chi connectivity index (χ4n) is 2.22. The van der Waals surface area contributed by atoms with Crippen molar-refractivity contribution in [3.8, 4) is 0 Å². The smallest absolute Gasteiger partial charge is 0.354 e. The first-order valence-corrected chi connectivity index (χ1v) is 6.04. The lowest BCUT2D eigenvalue weighted by atomic mass is 9.92. The Morgan fingerprint density at radius 2 is 2.05 bits per heavy atom. The number of aliphatic hydroxyl groups is 1. The number of hydrogen-bond donors (Lipinski definition) is 4. The zero-order chi connectivity index (χ0) is 13.8. The molecule has 5 N–H and O–H groups in total. The van der Waals surface area contributed by atoms with Gasteiger partial charge in [-0.25, -0.2) is 15.8 Å². The molecule has 0 bridgehead atoms. The van der Waals surface area contributed by atoms with Gasteiger partial charge in [0.25, 0.3) is 0 Å². The molecular weight excluding hydrogens is 252 g/mol. The first kappa shape index (κ1) is 13.4. The maximum Gasteiger partial charge on any atom is 0.354 e. The van der Waals surface area contributed by atoms with Gasteiger partial charge < -0.3 is 15.8 Å². The molecule has 1 heterocycles. The minimum Gasteiger partial charge on any atom is -0.391 e. The Bertz CT molecular complexity index is 469. The van der Waals surface area contributed by atoms with Crippen molar-refractivity contribution in [2.75, 3.05) is 10.7 Å². The highest BCUT2D eigenvalue weighted by Gasteiger charge is 2.28. The summed E-state index contributed by atoms with van der Waals surface area (Å²) in [5.41, 5.74) is 1.85. The van der Waals surface area contributed by atoms with Crippen LogP contribution in [0.15, 0.2) is 6.33 Å². The minimum absolute atomic E-state index is 0.0622. The predicted octanol–water partition coefficient (Wildman–Crippen LogP) is 0.386. The lowest BCUT2D eigenvalue weighted by Crippen LogP contribution is -2.36. The van der Waals surface area contributed by atoms with E-state index in [1.165, 1.54) is 6.33 Å². The van der Waals surface area contributed by atoms with Crippen LogP contribution in [0.1, 0.15) is 25.7 Å². The van der Waals surface area contributed by atoms with Crippen molar-refractivity contribution in [2.45, 2.75) is 37.8 Å². The standard InChI is InChI=1S/C10H16N6O3/c11-15-10-8(16(18)19)9(12-5-13-10)14-6-3-1-2-4-7(6)17/h5-7,17H,1-4,11H2,(H2,12,13,14,15). The Morgan fingerprint density at radius 3 is 2.68 bits per heavy atom. The van der Waals surface area contributed by atoms with Gasteiger partial charge in [-0.05, 0) is 12.8 Å². The number of rotatable bonds is 4. The van der Waals surface area contributed by atoms with Gasteiger partial charge in [-0.3, -0.25) is 10.1 Å². The fourth-order valence-corrected chi connectivity index (χ4v) is 2.22. The molecule has 1 fully saturated rings. The third-order valence-corrected chi connectivity index (χ3v) is 3.19. The molecule has 0 saturated heterocycles. The van der Waals surface area contributed by atoms with Gasteiger partial charge in [-0.1, -0.05) is 12.8 Å². The van der Waals surface area contributed by atoms with Gasteiger partial charge in [0.15, 0.2) is 0 Å². The number of aromatic nitrogens is 2. The summed E-state index contributed by atoms with van der Waals surface area (Å²) in [6.07, 6.45) is 4.00. The number of hydrogen-bond acceptors (Lipinski definition) is 8. The van der Waals surface area contributed by atoms with Gasteiger partial charge in [-0.2, -0.15) is 0 Å². The van der Waals surface area contributed by atoms with Gasteiger partial charge in [0.1, 0.15) is 6.33 Å². The number of hydrazine groups is 1. The molecule has 2 atom stereocenters. The van der Waals surface area contributed by atoms with E-state index in [9.17, 15) is 15.2 Å². The van der Waals surface area contributed by atoms with E-state index in [0.717, 1.165) is 19.3 Å². The highest BCUT2D eigenvalue weighted by molar-refractivity contribution is 5.69. The van der Waals surface area contributed by atoms with Crippen LogP contribution in [-0.2, 0) is 0 Å². The summed E-state index contributed by atoms with van der Waals surface area (Å²) in [6.45, 7) is 0. The highest BCUT2D eigenvalue weighted by Crippen LogP contribution is 2.30. The van der Waals surface area contributed by atoms with Crippen molar-refractivity contribution in [1.29, 1.82) is 0 Å². The molecule has 0 aliphatic heterocycles. The summed E-state index contributed by atoms with van der Waals surface area (Å²) in [6, 6.07) is -0.243. The first-order chi connectivity index (χ1) is 9.13. The third kappa shape index (κ3) is 2.88. The van der Waals surface area contributed by atoms with Crippen molar-refractivity contribution in [2.24, 2.45) is 5.84 Å². The SMILES string of the molecule is NNc1ncnc(NC2CCCCC2O)c1[N+](=O)[O-]. The largest absolute Gasteiger partial charge is 0.391 e. The number of nitrogen functional groups attached to an aromatic ring is 1. The summed E-state index contributed by atoms with van der Waals surface area (Å²) in [7, 11) is 0. The van der Waals surface area contributed by atoms with Gasteiger partial charge in [0.05, 0.1) is 17.1 Å². The van der Waals surface area contributed by atoms with Crippen LogP contribution in [0.3, 0.4) is 0 Å². The first-order valence-electron chi connectivity index (χ1n) is 6.04. The average Bonchev–Trinajstić information content (AvgIpc) is 2.40. The van der Waals surface area contributed by atoms with Crippen molar-refractivity contribution < 1.29 is 10.0 Å². The molecule has 2 rings (SSSR count). The lowest BCUT2D eigenvalue weighted by Gasteiger charge is -2.28. The fraction of sp³-hybridized carbons (Fsp3) is 0.600. The molecule has 0 aromatic carbocycles. The van der Waals surface area contributed by atoms with E-state index < -0.39 is 11.0 Å². The normalized spacial score (nSPS) is 22.8. The van der Waals surface area contributed by atoms with Crippen molar-refractivity contribution in [1.82, 2.24) is 9.97 Å². The Balaban J connectivity index is 2.26. The molecule has 1 aromatic rings. The van der Waals surface area contributed by atoms with Crippen LogP contribution < -0.4 is 16.6 Å². The molecule has 1 saturated carbocycles. The second-order valence-corrected chi connectivity index (χ2v) is 4.42. The third-order valence-electron chi connectivity index (χ3n) is 3.19. The highest BCUT2D eigenvalue weighted by atomic mass is 16.6. The van der Waals surface area contributed by atoms with E-state index >= 15 is 0 Å². The Kier molecular flexibility index (Phi) is 4.07. The van der Waals surface area contributed by atoms with Crippen molar-refractivity contribution in [3.05, 3.63) is 16.4 Å². The molecule has 9 heteroatoms. The summed E-state index contributed by atoms with van der Waals surface area (Å²) < 4.78 is 0. The molecule has 2 unspecified atom stereocenters. The Labute approximate surface area is 109 Å². The Morgan fingerprint density at radius 1 is 1.37 bits per heavy atom. The molecule has 104 valence electrons. The quantitative estimate of drug-likeness (QED) is 0.349. The summed E-state index contributed by atoms with van der Waals surface area (Å²) in [5.74, 6) is 5.20. The molecule has 1 aliphatic carbocycles. The molecule has 9 nitrogen and oxygen atoms in total. The minimum atomic E-state index is -0.604. The number of nitro groups is 1. The van der Waals surface area contributed by atoms with Gasteiger partial charge >= 0.3 is 5.69 Å². The molecule has 0 radical (unpaired) electrons. The van der Waals surface area contributed by atoms with Crippen LogP contribution in [-0.4, -0.2) is 32.1 Å². The lowest BCUT2D eigenvalue weighted by molar-refractivity contribution is -0.383. The summed E-state index contributed by atoms with van der Waals surface area (Å²) in [4.78, 5) is 18.0. The number of anilines is 2. The van der Waals surface area contributed by atoms with Crippen LogP contribution in [0.2, 0.25) is 0 Å². The number of nitrogens with two attached hydrogens (primary N) is 1. The monoisotopic (exact) mass is 268 g/mol. The van der Waals surface area contributed by atoms with Crippen LogP contribution >= 0.6 is 0 Å². The van der Waals surface area contributed by atoms with E-state index in [1.807, 2.05) is 0 Å². The van der Waals surface area contributed by atoms with Crippen molar-refractivity contribution in [3.63, 3.8) is 0 Å². The van der Waals surface area contributed by atoms with Crippen LogP contribution in [0.25, 0.3) is 0 Å². The summed E-state index contributed by atoms with van der Waals surface area (Å²) >= 11 is 0. The second-order valence-electron chi connectivity index (χ2n) is 4.42. The van der Waals surface area contributed by atoms with E-state index in [0.29, 0.717) is 6.42 Å². The van der Waals surface area contributed by atoms with Crippen molar-refractivity contribution >= 4 is 17.3 Å². The molecule has 1 aliphatic rings. The zero-order valence-corrected chi connectivity index (χ0v) is 10.2. The zero-order valence-electron chi connectivity index (χ0n) is 10.2. The second kappa shape index (κ2) is 5.76. The molecule has 0 spiro atoms. The Hall–Kier alpha value is -2.00. The predicted molar refractivity (Wildman–Crippen MR) is 68.4 cm³/mol. The molecular formula is C10H16N6O3. The molecule has 19 heavy (non-hydrogen) atoms. The van der Waals surface area contributed by atoms with E-state index in [4.69, 9.17) is 5.84 Å². The van der Waals surface area contributed by atoms with Gasteiger partial charge in [-0.15, -0.1) is 0 Å². The van der Waals surface area contributed by atoms with Crippen LogP contribution in [0.4, 0.5) is 17.3 Å². The number of nitrogens with zero attached hydrogens (tertiary/aromatic N) is 3. The van der Waals surface area contributed by atoms with Crippen LogP contribution in [0, 0.1) is 10.1 Å². The van der Waals surface area contributed by atoms with Gasteiger partial charge in [0.2, 0.25) is 11.6 Å². The average molecular weight is 268 g/mol. The van der Waals surface area contributed by atoms with E-state index in [2.05, 4.69) is 20.7 Å². The van der Waals surface area contributed by atoms with Gasteiger partial charge in [0, 0.05) is 0 Å². The summed E-state index contributed by atoms with van der Waals surface area (Å²) in [5, 5.41) is 23.8. The maximum absolute atomic E-state index is 11.1. The topological polar surface area (TPSA) is 139 Å². The molecule has 0 amide bonds.